The van der Waals surface area contributed by atoms with Gasteiger partial charge in [0.1, 0.15) is 11.5 Å². The van der Waals surface area contributed by atoms with Crippen molar-refractivity contribution in [2.75, 3.05) is 18.9 Å². The van der Waals surface area contributed by atoms with Crippen LogP contribution in [0.25, 0.3) is 0 Å². The van der Waals surface area contributed by atoms with E-state index in [4.69, 9.17) is 37.8 Å². The number of ether oxygens (including phenoxy) is 2. The Labute approximate surface area is 154 Å². The number of hydrogen-bond donors (Lipinski definition) is 2. The highest BCUT2D eigenvalue weighted by molar-refractivity contribution is 7.92. The minimum Gasteiger partial charge on any atom is -0.495 e. The molecule has 2 aromatic rings. The Morgan fingerprint density at radius 3 is 2.24 bits per heavy atom. The molecule has 25 heavy (non-hydrogen) atoms. The second-order valence-electron chi connectivity index (χ2n) is 4.74. The molecule has 0 aromatic heterocycles. The molecule has 0 saturated heterocycles. The number of methoxy groups -OCH3 is 2. The maximum atomic E-state index is 12.6. The average Bonchev–Trinajstić information content (AvgIpc) is 2.55. The van der Waals surface area contributed by atoms with Crippen LogP contribution in [0, 0.1) is 0 Å². The van der Waals surface area contributed by atoms with Crippen molar-refractivity contribution in [1.29, 1.82) is 0 Å². The summed E-state index contributed by atoms with van der Waals surface area (Å²) in [5.41, 5.74) is -0.249. The molecule has 0 radical (unpaired) electrons. The lowest BCUT2D eigenvalue weighted by molar-refractivity contribution is 0.0697. The van der Waals surface area contributed by atoms with Crippen molar-refractivity contribution in [2.45, 2.75) is 4.90 Å². The van der Waals surface area contributed by atoms with Gasteiger partial charge in [0.05, 0.1) is 40.4 Å². The van der Waals surface area contributed by atoms with Crippen molar-refractivity contribution in [3.8, 4) is 11.5 Å². The van der Waals surface area contributed by atoms with Crippen LogP contribution in [0.4, 0.5) is 5.69 Å². The van der Waals surface area contributed by atoms with Crippen LogP contribution >= 0.6 is 23.2 Å². The SMILES string of the molecule is COc1cc(NS(=O)(=O)c2ccc(Cl)c(C(=O)O)c2)c(OC)cc1Cl. The summed E-state index contributed by atoms with van der Waals surface area (Å²) < 4.78 is 37.6. The van der Waals surface area contributed by atoms with E-state index in [2.05, 4.69) is 4.72 Å². The van der Waals surface area contributed by atoms with E-state index in [1.54, 1.807) is 0 Å². The minimum atomic E-state index is -4.11. The maximum absolute atomic E-state index is 12.6. The smallest absolute Gasteiger partial charge is 0.337 e. The molecule has 0 atom stereocenters. The Kier molecular flexibility index (Phi) is 5.66. The molecule has 0 bridgehead atoms. The number of nitrogens with one attached hydrogen (secondary N) is 1. The first-order valence-corrected chi connectivity index (χ1v) is 8.90. The van der Waals surface area contributed by atoms with Gasteiger partial charge in [0, 0.05) is 12.1 Å². The minimum absolute atomic E-state index is 0.0720. The number of carbonyl (C=O) groups is 1. The highest BCUT2D eigenvalue weighted by Gasteiger charge is 2.21. The van der Waals surface area contributed by atoms with Gasteiger partial charge in [0.15, 0.2) is 0 Å². The zero-order chi connectivity index (χ0) is 18.8. The molecular weight excluding hydrogens is 393 g/mol. The van der Waals surface area contributed by atoms with Crippen LogP contribution in [0.15, 0.2) is 35.2 Å². The predicted octanol–water partition coefficient (Wildman–Crippen LogP) is 3.51. The molecule has 2 N–H and O–H groups in total. The highest BCUT2D eigenvalue weighted by atomic mass is 35.5. The van der Waals surface area contributed by atoms with Gasteiger partial charge in [-0.2, -0.15) is 0 Å². The van der Waals surface area contributed by atoms with Crippen molar-refractivity contribution >= 4 is 44.9 Å². The Morgan fingerprint density at radius 2 is 1.68 bits per heavy atom. The molecule has 134 valence electrons. The standard InChI is InChI=1S/C15H13Cl2NO6S/c1-23-13-7-12(14(24-2)6-11(13)17)18-25(21,22)8-3-4-10(16)9(5-8)15(19)20/h3-7,18H,1-2H3,(H,19,20). The average molecular weight is 406 g/mol. The Balaban J connectivity index is 2.49. The molecule has 2 aromatic carbocycles. The predicted molar refractivity (Wildman–Crippen MR) is 93.8 cm³/mol. The third-order valence-corrected chi connectivity index (χ3v) is 5.18. The topological polar surface area (TPSA) is 102 Å². The first kappa shape index (κ1) is 19.2. The molecular formula is C15H13Cl2NO6S. The first-order valence-electron chi connectivity index (χ1n) is 6.66. The van der Waals surface area contributed by atoms with Gasteiger partial charge in [-0.15, -0.1) is 0 Å². The number of carboxylic acid groups (broad SMARTS) is 1. The third kappa shape index (κ3) is 4.09. The number of rotatable bonds is 6. The largest absolute Gasteiger partial charge is 0.495 e. The van der Waals surface area contributed by atoms with Crippen molar-refractivity contribution in [1.82, 2.24) is 0 Å². The van der Waals surface area contributed by atoms with Gasteiger partial charge in [-0.25, -0.2) is 13.2 Å². The molecule has 0 fully saturated rings. The second kappa shape index (κ2) is 7.38. The fraction of sp³-hybridized carbons (Fsp3) is 0.133. The van der Waals surface area contributed by atoms with Gasteiger partial charge in [0.2, 0.25) is 0 Å². The van der Waals surface area contributed by atoms with Gasteiger partial charge in [-0.3, -0.25) is 4.72 Å². The van der Waals surface area contributed by atoms with Crippen molar-refractivity contribution in [2.24, 2.45) is 0 Å². The van der Waals surface area contributed by atoms with Crippen LogP contribution in [0.2, 0.25) is 10.0 Å². The molecule has 7 nitrogen and oxygen atoms in total. The van der Waals surface area contributed by atoms with Gasteiger partial charge in [-0.05, 0) is 18.2 Å². The van der Waals surface area contributed by atoms with E-state index in [0.29, 0.717) is 0 Å². The summed E-state index contributed by atoms with van der Waals surface area (Å²) >= 11 is 11.7. The summed E-state index contributed by atoms with van der Waals surface area (Å²) in [5.74, 6) is -0.933. The molecule has 0 heterocycles. The van der Waals surface area contributed by atoms with E-state index in [9.17, 15) is 13.2 Å². The van der Waals surface area contributed by atoms with E-state index < -0.39 is 16.0 Å². The zero-order valence-electron chi connectivity index (χ0n) is 13.0. The van der Waals surface area contributed by atoms with E-state index in [0.717, 1.165) is 6.07 Å². The van der Waals surface area contributed by atoms with Crippen LogP contribution in [0.3, 0.4) is 0 Å². The van der Waals surface area contributed by atoms with Crippen LogP contribution in [-0.2, 0) is 10.0 Å². The summed E-state index contributed by atoms with van der Waals surface area (Å²) in [6.07, 6.45) is 0. The lowest BCUT2D eigenvalue weighted by Gasteiger charge is -2.14. The first-order chi connectivity index (χ1) is 11.7. The number of anilines is 1. The summed E-state index contributed by atoms with van der Waals surface area (Å²) in [7, 11) is -1.38. The molecule has 0 amide bonds. The fourth-order valence-corrected chi connectivity index (χ4v) is 3.50. The van der Waals surface area contributed by atoms with Crippen LogP contribution in [0.5, 0.6) is 11.5 Å². The van der Waals surface area contributed by atoms with E-state index in [1.165, 1.54) is 38.5 Å². The summed E-state index contributed by atoms with van der Waals surface area (Å²) in [6.45, 7) is 0. The number of hydrogen-bond acceptors (Lipinski definition) is 5. The Hall–Kier alpha value is -2.16. The number of benzene rings is 2. The quantitative estimate of drug-likeness (QED) is 0.761. The summed E-state index contributed by atoms with van der Waals surface area (Å²) in [4.78, 5) is 10.9. The number of sulfonamides is 1. The lowest BCUT2D eigenvalue weighted by atomic mass is 10.2. The van der Waals surface area contributed by atoms with Crippen LogP contribution in [-0.4, -0.2) is 33.7 Å². The van der Waals surface area contributed by atoms with E-state index >= 15 is 0 Å². The molecule has 0 spiro atoms. The van der Waals surface area contributed by atoms with Gasteiger partial charge in [0.25, 0.3) is 10.0 Å². The Bertz CT molecular complexity index is 930. The zero-order valence-corrected chi connectivity index (χ0v) is 15.4. The summed E-state index contributed by atoms with van der Waals surface area (Å²) in [6, 6.07) is 6.10. The third-order valence-electron chi connectivity index (χ3n) is 3.20. The molecule has 0 aliphatic rings. The molecule has 0 unspecified atom stereocenters. The van der Waals surface area contributed by atoms with Crippen molar-refractivity contribution < 1.29 is 27.8 Å². The normalized spacial score (nSPS) is 11.0. The van der Waals surface area contributed by atoms with E-state index in [1.807, 2.05) is 0 Å². The molecule has 0 aliphatic carbocycles. The van der Waals surface area contributed by atoms with Gasteiger partial charge >= 0.3 is 5.97 Å². The van der Waals surface area contributed by atoms with Crippen molar-refractivity contribution in [3.63, 3.8) is 0 Å². The fourth-order valence-electron chi connectivity index (χ4n) is 1.98. The number of carboxylic acids is 1. The van der Waals surface area contributed by atoms with Gasteiger partial charge in [-0.1, -0.05) is 23.2 Å². The van der Waals surface area contributed by atoms with Gasteiger partial charge < -0.3 is 14.6 Å². The lowest BCUT2D eigenvalue weighted by Crippen LogP contribution is -2.14. The molecule has 2 rings (SSSR count). The molecule has 0 aliphatic heterocycles. The summed E-state index contributed by atoms with van der Waals surface area (Å²) in [5, 5.41) is 9.24. The Morgan fingerprint density at radius 1 is 1.04 bits per heavy atom. The highest BCUT2D eigenvalue weighted by Crippen LogP contribution is 2.37. The molecule has 10 heteroatoms. The van der Waals surface area contributed by atoms with Crippen molar-refractivity contribution in [3.05, 3.63) is 45.9 Å². The monoisotopic (exact) mass is 405 g/mol. The second-order valence-corrected chi connectivity index (χ2v) is 7.24. The van der Waals surface area contributed by atoms with E-state index in [-0.39, 0.29) is 37.7 Å². The number of aromatic carboxylic acids is 1. The van der Waals surface area contributed by atoms with Crippen LogP contribution in [0.1, 0.15) is 10.4 Å². The number of halogens is 2. The maximum Gasteiger partial charge on any atom is 0.337 e. The molecule has 0 saturated carbocycles. The van der Waals surface area contributed by atoms with Crippen LogP contribution < -0.4 is 14.2 Å².